The molecule has 6 heteroatoms. The van der Waals surface area contributed by atoms with Gasteiger partial charge in [0.2, 0.25) is 5.95 Å². The maximum absolute atomic E-state index is 12.6. The molecule has 0 bridgehead atoms. The van der Waals surface area contributed by atoms with Gasteiger partial charge in [0.15, 0.2) is 0 Å². The molecule has 2 N–H and O–H groups in total. The van der Waals surface area contributed by atoms with E-state index >= 15 is 0 Å². The number of anilines is 1. The lowest BCUT2D eigenvalue weighted by Crippen LogP contribution is -2.25. The van der Waals surface area contributed by atoms with Crippen LogP contribution >= 0.6 is 22.9 Å². The van der Waals surface area contributed by atoms with Gasteiger partial charge < -0.3 is 5.32 Å². The molecular formula is C18H18ClN3OS. The number of benzene rings is 1. The number of hydrogen-bond acceptors (Lipinski definition) is 4. The normalized spacial score (nSPS) is 15.7. The monoisotopic (exact) mass is 359 g/mol. The molecule has 0 atom stereocenters. The van der Waals surface area contributed by atoms with Crippen LogP contribution in [0.3, 0.4) is 0 Å². The van der Waals surface area contributed by atoms with E-state index in [1.54, 1.807) is 0 Å². The Kier molecular flexibility index (Phi) is 4.29. The first-order valence-electron chi connectivity index (χ1n) is 8.25. The summed E-state index contributed by atoms with van der Waals surface area (Å²) in [5, 5.41) is 6.71. The lowest BCUT2D eigenvalue weighted by Gasteiger charge is -2.22. The number of halogens is 1. The van der Waals surface area contributed by atoms with Crippen LogP contribution in [-0.2, 0) is 0 Å². The van der Waals surface area contributed by atoms with Gasteiger partial charge in [-0.1, -0.05) is 43.0 Å². The summed E-state index contributed by atoms with van der Waals surface area (Å²) in [5.74, 6) is 0.587. The van der Waals surface area contributed by atoms with Crippen LogP contribution in [-0.4, -0.2) is 16.0 Å². The summed E-state index contributed by atoms with van der Waals surface area (Å²) < 4.78 is 0. The minimum absolute atomic E-state index is 0.0930. The summed E-state index contributed by atoms with van der Waals surface area (Å²) in [6, 6.07) is 7.94. The maximum atomic E-state index is 12.6. The number of aromatic nitrogens is 2. The summed E-state index contributed by atoms with van der Waals surface area (Å²) >= 11 is 7.45. The topological polar surface area (TPSA) is 57.8 Å². The van der Waals surface area contributed by atoms with E-state index in [1.165, 1.54) is 30.6 Å². The third-order valence-electron chi connectivity index (χ3n) is 4.55. The van der Waals surface area contributed by atoms with Gasteiger partial charge in [0.05, 0.1) is 5.39 Å². The van der Waals surface area contributed by atoms with E-state index in [0.29, 0.717) is 22.4 Å². The number of rotatable bonds is 3. The van der Waals surface area contributed by atoms with Crippen molar-refractivity contribution in [2.24, 2.45) is 0 Å². The van der Waals surface area contributed by atoms with Crippen molar-refractivity contribution in [1.29, 1.82) is 0 Å². The lowest BCUT2D eigenvalue weighted by molar-refractivity contribution is 0.461. The highest BCUT2D eigenvalue weighted by atomic mass is 35.5. The van der Waals surface area contributed by atoms with Gasteiger partial charge in [0.25, 0.3) is 5.56 Å². The van der Waals surface area contributed by atoms with Crippen LogP contribution in [0.25, 0.3) is 21.3 Å². The van der Waals surface area contributed by atoms with Crippen molar-refractivity contribution in [2.45, 2.75) is 38.1 Å². The van der Waals surface area contributed by atoms with E-state index < -0.39 is 0 Å². The van der Waals surface area contributed by atoms with E-state index in [9.17, 15) is 4.79 Å². The number of nitrogens with one attached hydrogen (secondary N) is 2. The number of thiophene rings is 1. The van der Waals surface area contributed by atoms with Crippen molar-refractivity contribution < 1.29 is 0 Å². The van der Waals surface area contributed by atoms with Crippen molar-refractivity contribution in [2.75, 3.05) is 5.32 Å². The molecule has 0 unspecified atom stereocenters. The van der Waals surface area contributed by atoms with Crippen LogP contribution in [0.4, 0.5) is 5.95 Å². The largest absolute Gasteiger partial charge is 0.353 e. The molecule has 1 fully saturated rings. The second kappa shape index (κ2) is 6.57. The zero-order valence-corrected chi connectivity index (χ0v) is 14.7. The Hall–Kier alpha value is -1.85. The Balaban J connectivity index is 1.70. The smallest absolute Gasteiger partial charge is 0.261 e. The summed E-state index contributed by atoms with van der Waals surface area (Å²) in [5.41, 5.74) is 1.79. The molecule has 1 aromatic carbocycles. The molecule has 0 amide bonds. The highest BCUT2D eigenvalue weighted by molar-refractivity contribution is 7.17. The van der Waals surface area contributed by atoms with Crippen molar-refractivity contribution in [3.8, 4) is 11.1 Å². The molecule has 2 heterocycles. The van der Waals surface area contributed by atoms with E-state index in [4.69, 9.17) is 11.6 Å². The Morgan fingerprint density at radius 2 is 1.92 bits per heavy atom. The van der Waals surface area contributed by atoms with Gasteiger partial charge in [-0.25, -0.2) is 4.98 Å². The first-order chi connectivity index (χ1) is 11.7. The fourth-order valence-corrected chi connectivity index (χ4v) is 4.37. The van der Waals surface area contributed by atoms with E-state index in [1.807, 2.05) is 29.6 Å². The van der Waals surface area contributed by atoms with Crippen molar-refractivity contribution in [3.05, 3.63) is 45.0 Å². The van der Waals surface area contributed by atoms with E-state index in [2.05, 4.69) is 15.3 Å². The molecule has 0 radical (unpaired) electrons. The second-order valence-electron chi connectivity index (χ2n) is 6.23. The third-order valence-corrected chi connectivity index (χ3v) is 5.67. The summed E-state index contributed by atoms with van der Waals surface area (Å²) in [7, 11) is 0. The fourth-order valence-electron chi connectivity index (χ4n) is 3.30. The maximum Gasteiger partial charge on any atom is 0.261 e. The summed E-state index contributed by atoms with van der Waals surface area (Å²) in [6.07, 6.45) is 6.06. The van der Waals surface area contributed by atoms with Crippen LogP contribution in [0.5, 0.6) is 0 Å². The lowest BCUT2D eigenvalue weighted by atomic mass is 9.96. The molecule has 0 saturated heterocycles. The van der Waals surface area contributed by atoms with Crippen molar-refractivity contribution >= 4 is 39.1 Å². The van der Waals surface area contributed by atoms with Gasteiger partial charge in [-0.3, -0.25) is 9.78 Å². The molecule has 2 aromatic heterocycles. The predicted octanol–water partition coefficient (Wildman–Crippen LogP) is 5.05. The molecule has 0 spiro atoms. The third kappa shape index (κ3) is 3.06. The van der Waals surface area contributed by atoms with E-state index in [0.717, 1.165) is 28.8 Å². The molecule has 0 aliphatic heterocycles. The van der Waals surface area contributed by atoms with Crippen LogP contribution < -0.4 is 10.9 Å². The second-order valence-corrected chi connectivity index (χ2v) is 7.52. The van der Waals surface area contributed by atoms with Crippen LogP contribution in [0, 0.1) is 0 Å². The van der Waals surface area contributed by atoms with Crippen LogP contribution in [0.2, 0.25) is 5.02 Å². The number of nitrogens with zero attached hydrogens (tertiary/aromatic N) is 1. The zero-order valence-electron chi connectivity index (χ0n) is 13.1. The minimum atomic E-state index is -0.0930. The van der Waals surface area contributed by atoms with Gasteiger partial charge in [-0.2, -0.15) is 0 Å². The Bertz CT molecular complexity index is 910. The van der Waals surface area contributed by atoms with Crippen molar-refractivity contribution in [1.82, 2.24) is 9.97 Å². The van der Waals surface area contributed by atoms with Gasteiger partial charge in [-0.05, 0) is 30.5 Å². The highest BCUT2D eigenvalue weighted by Crippen LogP contribution is 2.32. The molecule has 3 aromatic rings. The molecular weight excluding hydrogens is 342 g/mol. The standard InChI is InChI=1S/C18H18ClN3OS/c19-12-8-6-11(7-9-12)14-10-24-17-15(14)16(23)21-18(22-17)20-13-4-2-1-3-5-13/h6-10,13H,1-5H2,(H2,20,21,22,23). The Morgan fingerprint density at radius 3 is 2.67 bits per heavy atom. The summed E-state index contributed by atoms with van der Waals surface area (Å²) in [6.45, 7) is 0. The SMILES string of the molecule is O=c1[nH]c(NC2CCCCC2)nc2scc(-c3ccc(Cl)cc3)c12. The summed E-state index contributed by atoms with van der Waals surface area (Å²) in [4.78, 5) is 20.9. The Morgan fingerprint density at radius 1 is 1.17 bits per heavy atom. The predicted molar refractivity (Wildman–Crippen MR) is 101 cm³/mol. The minimum Gasteiger partial charge on any atom is -0.353 e. The molecule has 4 nitrogen and oxygen atoms in total. The average molecular weight is 360 g/mol. The molecule has 4 rings (SSSR count). The van der Waals surface area contributed by atoms with Gasteiger partial charge in [-0.15, -0.1) is 11.3 Å². The molecule has 1 aliphatic carbocycles. The molecule has 1 saturated carbocycles. The number of aromatic amines is 1. The van der Waals surface area contributed by atoms with Crippen LogP contribution in [0.1, 0.15) is 32.1 Å². The number of H-pyrrole nitrogens is 1. The van der Waals surface area contributed by atoms with Crippen molar-refractivity contribution in [3.63, 3.8) is 0 Å². The highest BCUT2D eigenvalue weighted by Gasteiger charge is 2.16. The molecule has 24 heavy (non-hydrogen) atoms. The van der Waals surface area contributed by atoms with Gasteiger partial charge in [0, 0.05) is 22.0 Å². The quantitative estimate of drug-likeness (QED) is 0.688. The Labute approximate surface area is 148 Å². The average Bonchev–Trinajstić information content (AvgIpc) is 3.01. The first kappa shape index (κ1) is 15.7. The molecule has 124 valence electrons. The fraction of sp³-hybridized carbons (Fsp3) is 0.333. The van der Waals surface area contributed by atoms with E-state index in [-0.39, 0.29) is 5.56 Å². The van der Waals surface area contributed by atoms with Crippen LogP contribution in [0.15, 0.2) is 34.4 Å². The molecule has 1 aliphatic rings. The van der Waals surface area contributed by atoms with Gasteiger partial charge >= 0.3 is 0 Å². The number of fused-ring (bicyclic) bond motifs is 1. The zero-order chi connectivity index (χ0) is 16.5. The first-order valence-corrected chi connectivity index (χ1v) is 9.50. The number of hydrogen-bond donors (Lipinski definition) is 2. The van der Waals surface area contributed by atoms with Gasteiger partial charge in [0.1, 0.15) is 4.83 Å².